The fraction of sp³-hybridized carbons (Fsp3) is 0.368. The van der Waals surface area contributed by atoms with Crippen molar-refractivity contribution in [3.8, 4) is 0 Å². The van der Waals surface area contributed by atoms with E-state index in [1.807, 2.05) is 50.3 Å². The quantitative estimate of drug-likeness (QED) is 0.0962. The summed E-state index contributed by atoms with van der Waals surface area (Å²) in [5.41, 5.74) is 3.09. The number of imide groups is 2. The summed E-state index contributed by atoms with van der Waals surface area (Å²) in [7, 11) is 2.01. The van der Waals surface area contributed by atoms with Crippen LogP contribution in [0.15, 0.2) is 42.5 Å². The van der Waals surface area contributed by atoms with Crippen LogP contribution in [0, 0.1) is 23.7 Å². The minimum Gasteiger partial charge on any atom is -0.271 e. The number of rotatable bonds is 6. The van der Waals surface area contributed by atoms with Crippen LogP contribution in [0.3, 0.4) is 0 Å². The molecule has 5 aromatic rings. The first-order chi connectivity index (χ1) is 21.3. The first-order valence-corrected chi connectivity index (χ1v) is 16.2. The highest BCUT2D eigenvalue weighted by atomic mass is 16.2. The van der Waals surface area contributed by atoms with E-state index < -0.39 is 0 Å². The molecule has 4 amide bonds. The third-order valence-corrected chi connectivity index (χ3v) is 10.3. The molecule has 2 heterocycles. The van der Waals surface area contributed by atoms with E-state index in [1.54, 1.807) is 0 Å². The third-order valence-electron chi connectivity index (χ3n) is 10.3. The molecule has 0 aromatic heterocycles. The first kappa shape index (κ1) is 29.5. The number of benzene rings is 5. The minimum atomic E-state index is -0.252. The lowest BCUT2D eigenvalue weighted by molar-refractivity contribution is 0.0423. The van der Waals surface area contributed by atoms with Gasteiger partial charge >= 0.3 is 0 Å². The van der Waals surface area contributed by atoms with Gasteiger partial charge in [0.25, 0.3) is 23.6 Å². The molecule has 0 fully saturated rings. The second-order valence-corrected chi connectivity index (χ2v) is 14.5. The van der Waals surface area contributed by atoms with Gasteiger partial charge in [-0.1, -0.05) is 85.1 Å². The van der Waals surface area contributed by atoms with Gasteiger partial charge in [-0.2, -0.15) is 0 Å². The Kier molecular flexibility index (Phi) is 6.46. The smallest absolute Gasteiger partial charge is 0.261 e. The molecule has 0 aliphatic carbocycles. The van der Waals surface area contributed by atoms with Crippen molar-refractivity contribution in [2.45, 2.75) is 67.5 Å². The second kappa shape index (κ2) is 9.87. The van der Waals surface area contributed by atoms with Crippen molar-refractivity contribution in [2.75, 3.05) is 0 Å². The predicted octanol–water partition coefficient (Wildman–Crippen LogP) is 6.55. The fourth-order valence-electron chi connectivity index (χ4n) is 8.88. The molecule has 6 nitrogen and oxygen atoms in total. The van der Waals surface area contributed by atoms with Crippen LogP contribution in [0.5, 0.6) is 0 Å². The topological polar surface area (TPSA) is 74.8 Å². The van der Waals surface area contributed by atoms with Crippen LogP contribution >= 0.6 is 0 Å². The molecule has 0 N–H and O–H groups in total. The van der Waals surface area contributed by atoms with Gasteiger partial charge in [0.1, 0.15) is 7.85 Å². The molecule has 228 valence electrons. The number of carbonyl (C=O) groups is 4. The number of carbonyl (C=O) groups excluding carboxylic acids is 4. The minimum absolute atomic E-state index is 0.109. The van der Waals surface area contributed by atoms with Crippen molar-refractivity contribution in [3.63, 3.8) is 0 Å². The third kappa shape index (κ3) is 3.76. The van der Waals surface area contributed by atoms with Gasteiger partial charge in [0.05, 0.1) is 0 Å². The Morgan fingerprint density at radius 2 is 0.800 bits per heavy atom. The normalized spacial score (nSPS) is 15.6. The van der Waals surface area contributed by atoms with Gasteiger partial charge in [0.2, 0.25) is 0 Å². The van der Waals surface area contributed by atoms with Gasteiger partial charge < -0.3 is 0 Å². The van der Waals surface area contributed by atoms with Crippen LogP contribution in [-0.2, 0) is 0 Å². The zero-order valence-electron chi connectivity index (χ0n) is 27.5. The van der Waals surface area contributed by atoms with Crippen LogP contribution in [-0.4, -0.2) is 53.4 Å². The van der Waals surface area contributed by atoms with Crippen LogP contribution in [0.4, 0.5) is 0 Å². The van der Waals surface area contributed by atoms with Gasteiger partial charge in [0.15, 0.2) is 0 Å². The monoisotopic (exact) mass is 598 g/mol. The molecule has 0 saturated heterocycles. The molecule has 0 bridgehead atoms. The largest absolute Gasteiger partial charge is 0.271 e. The molecular formula is C38H39BN2O4. The molecule has 0 saturated carbocycles. The lowest BCUT2D eigenvalue weighted by atomic mass is 9.76. The lowest BCUT2D eigenvalue weighted by Crippen LogP contribution is -2.51. The van der Waals surface area contributed by atoms with E-state index in [-0.39, 0.29) is 59.4 Å². The molecule has 0 spiro atoms. The van der Waals surface area contributed by atoms with Crippen molar-refractivity contribution < 1.29 is 19.2 Å². The van der Waals surface area contributed by atoms with E-state index in [9.17, 15) is 19.2 Å². The fourth-order valence-corrected chi connectivity index (χ4v) is 8.88. The highest BCUT2D eigenvalue weighted by Gasteiger charge is 2.43. The van der Waals surface area contributed by atoms with Gasteiger partial charge in [-0.25, -0.2) is 0 Å². The van der Waals surface area contributed by atoms with E-state index in [0.717, 1.165) is 37.8 Å². The Morgan fingerprint density at radius 3 is 1.22 bits per heavy atom. The Morgan fingerprint density at radius 1 is 0.444 bits per heavy atom. The number of fused-ring (bicyclic) bond motifs is 2. The molecule has 45 heavy (non-hydrogen) atoms. The van der Waals surface area contributed by atoms with Gasteiger partial charge in [-0.05, 0) is 74.2 Å². The summed E-state index contributed by atoms with van der Waals surface area (Å²) < 4.78 is 0. The molecule has 2 aliphatic heterocycles. The van der Waals surface area contributed by atoms with Crippen molar-refractivity contribution in [1.29, 1.82) is 0 Å². The summed E-state index contributed by atoms with van der Waals surface area (Å²) in [6, 6.07) is 13.0. The van der Waals surface area contributed by atoms with E-state index in [0.29, 0.717) is 33.0 Å². The summed E-state index contributed by atoms with van der Waals surface area (Å²) in [4.78, 5) is 59.5. The summed E-state index contributed by atoms with van der Waals surface area (Å²) >= 11 is 0. The van der Waals surface area contributed by atoms with Gasteiger partial charge in [-0.3, -0.25) is 29.0 Å². The molecule has 0 unspecified atom stereocenters. The number of nitrogens with zero attached hydrogens (tertiary/aromatic N) is 2. The maximum atomic E-state index is 14.2. The molecule has 7 rings (SSSR count). The summed E-state index contributed by atoms with van der Waals surface area (Å²) in [6.07, 6.45) is 0. The molecule has 0 atom stereocenters. The van der Waals surface area contributed by atoms with Crippen molar-refractivity contribution in [2.24, 2.45) is 23.7 Å². The average molecular weight is 599 g/mol. The maximum Gasteiger partial charge on any atom is 0.261 e. The Labute approximate surface area is 264 Å². The van der Waals surface area contributed by atoms with E-state index >= 15 is 0 Å². The second-order valence-electron chi connectivity index (χ2n) is 14.5. The van der Waals surface area contributed by atoms with Gasteiger partial charge in [-0.15, -0.1) is 0 Å². The zero-order chi connectivity index (χ0) is 32.4. The SMILES string of the molecule is Bc1cc2c3c(ccc4c5ccc6c7c(ccc(c1c34)c75)C(=O)N(C(C(C)C)C(C)C)C6=O)C(=O)N(C(C(C)C)C(C)C)C2=O. The summed E-state index contributed by atoms with van der Waals surface area (Å²) in [5, 5.41) is 6.84. The number of hydrogen-bond donors (Lipinski definition) is 0. The average Bonchev–Trinajstić information content (AvgIpc) is 2.97. The van der Waals surface area contributed by atoms with Crippen LogP contribution in [0.1, 0.15) is 96.8 Å². The highest BCUT2D eigenvalue weighted by Crippen LogP contribution is 2.46. The van der Waals surface area contributed by atoms with Crippen molar-refractivity contribution in [3.05, 3.63) is 64.7 Å². The standard InChI is InChI=1S/C38H39BN2O4/c1-16(2)33(17(3)4)40-35(42)23-12-9-20-21-10-13-25-30-26(38(45)41(37(25)44)34(18(5)6)19(7)8)15-27(39)31(32(21)30)22-11-14-24(36(40)43)29(23)28(20)22/h9-19,33-34H,39H2,1-8H3. The zero-order valence-corrected chi connectivity index (χ0v) is 27.5. The lowest BCUT2D eigenvalue weighted by Gasteiger charge is -2.39. The Hall–Kier alpha value is -4.26. The first-order valence-electron chi connectivity index (χ1n) is 16.2. The summed E-state index contributed by atoms with van der Waals surface area (Å²) in [5.74, 6) is -0.564. The number of amides is 4. The van der Waals surface area contributed by atoms with Crippen LogP contribution < -0.4 is 5.46 Å². The molecule has 2 aliphatic rings. The van der Waals surface area contributed by atoms with E-state index in [4.69, 9.17) is 0 Å². The maximum absolute atomic E-state index is 14.2. The summed E-state index contributed by atoms with van der Waals surface area (Å²) in [6.45, 7) is 16.4. The van der Waals surface area contributed by atoms with Crippen LogP contribution in [0.25, 0.3) is 43.1 Å². The molecular weight excluding hydrogens is 559 g/mol. The Bertz CT molecular complexity index is 2110. The van der Waals surface area contributed by atoms with Crippen molar-refractivity contribution in [1.82, 2.24) is 9.80 Å². The number of hydrogen-bond acceptors (Lipinski definition) is 4. The van der Waals surface area contributed by atoms with Crippen LogP contribution in [0.2, 0.25) is 0 Å². The predicted molar refractivity (Wildman–Crippen MR) is 184 cm³/mol. The van der Waals surface area contributed by atoms with E-state index in [2.05, 4.69) is 55.4 Å². The van der Waals surface area contributed by atoms with E-state index in [1.165, 1.54) is 9.80 Å². The molecule has 7 heteroatoms. The van der Waals surface area contributed by atoms with Crippen molar-refractivity contribution >= 4 is 80.0 Å². The van der Waals surface area contributed by atoms with Gasteiger partial charge in [0, 0.05) is 45.1 Å². The Balaban J connectivity index is 1.55. The molecule has 5 aromatic carbocycles. The molecule has 0 radical (unpaired) electrons. The highest BCUT2D eigenvalue weighted by molar-refractivity contribution is 6.50.